The lowest BCUT2D eigenvalue weighted by molar-refractivity contribution is -0.137. The largest absolute Gasteiger partial charge is 0.481 e. The molecule has 0 fully saturated rings. The number of carboxylic acids is 1. The van der Waals surface area contributed by atoms with Gasteiger partial charge in [-0.05, 0) is 47.7 Å². The number of unbranched alkanes of at least 4 members (excludes halogenated alkanes) is 1. The number of hydrogen-bond donors (Lipinski definition) is 5. The van der Waals surface area contributed by atoms with Crippen molar-refractivity contribution in [3.8, 4) is 11.1 Å². The van der Waals surface area contributed by atoms with Crippen LogP contribution in [-0.2, 0) is 37.4 Å². The minimum atomic E-state index is -3.96. The van der Waals surface area contributed by atoms with Crippen molar-refractivity contribution in [2.45, 2.75) is 51.0 Å². The summed E-state index contributed by atoms with van der Waals surface area (Å²) in [5.74, 6) is -1.19. The van der Waals surface area contributed by atoms with Crippen LogP contribution in [0, 0.1) is 5.92 Å². The molecular weight excluding hydrogens is 622 g/mol. The van der Waals surface area contributed by atoms with Crippen LogP contribution in [-0.4, -0.2) is 50.2 Å². The smallest absolute Gasteiger partial charge is 0.303 e. The first-order valence-electron chi connectivity index (χ1n) is 14.2. The molecule has 3 aromatic rings. The molecule has 4 N–H and O–H groups in total. The molecule has 9 nitrogen and oxygen atoms in total. The molecule has 1 atom stereocenters. The number of thiol groups is 1. The molecule has 238 valence electrons. The lowest BCUT2D eigenvalue weighted by Gasteiger charge is -2.15. The third kappa shape index (κ3) is 13.1. The van der Waals surface area contributed by atoms with Crippen molar-refractivity contribution >= 4 is 52.0 Å². The molecular formula is C32H40ClN3O6S2. The summed E-state index contributed by atoms with van der Waals surface area (Å²) in [5, 5.41) is 14.9. The monoisotopic (exact) mass is 661 g/mol. The predicted molar refractivity (Wildman–Crippen MR) is 177 cm³/mol. The summed E-state index contributed by atoms with van der Waals surface area (Å²) in [4.78, 5) is 33.7. The molecule has 0 radical (unpaired) electrons. The summed E-state index contributed by atoms with van der Waals surface area (Å²) >= 11 is 10.4. The molecule has 0 saturated carbocycles. The molecule has 3 rings (SSSR count). The van der Waals surface area contributed by atoms with Gasteiger partial charge in [-0.2, -0.15) is 12.6 Å². The first-order valence-corrected chi connectivity index (χ1v) is 16.7. The van der Waals surface area contributed by atoms with Gasteiger partial charge in [-0.15, -0.1) is 0 Å². The van der Waals surface area contributed by atoms with Crippen molar-refractivity contribution in [2.24, 2.45) is 5.92 Å². The Morgan fingerprint density at radius 1 is 0.955 bits per heavy atom. The number of carbonyl (C=O) groups is 3. The van der Waals surface area contributed by atoms with Crippen LogP contribution < -0.4 is 15.4 Å². The second-order valence-corrected chi connectivity index (χ2v) is 12.5. The Morgan fingerprint density at radius 3 is 2.25 bits per heavy atom. The highest BCUT2D eigenvalue weighted by atomic mass is 35.5. The molecule has 0 unspecified atom stereocenters. The molecule has 0 aliphatic carbocycles. The zero-order valence-corrected chi connectivity index (χ0v) is 27.4. The predicted octanol–water partition coefficient (Wildman–Crippen LogP) is 5.09. The van der Waals surface area contributed by atoms with Gasteiger partial charge < -0.3 is 15.7 Å². The van der Waals surface area contributed by atoms with Crippen LogP contribution in [0.2, 0.25) is 5.02 Å². The summed E-state index contributed by atoms with van der Waals surface area (Å²) in [6.45, 7) is 4.78. The van der Waals surface area contributed by atoms with E-state index in [-0.39, 0.29) is 16.7 Å². The Kier molecular flexibility index (Phi) is 16.0. The fraction of sp³-hybridized carbons (Fsp3) is 0.344. The van der Waals surface area contributed by atoms with E-state index in [4.69, 9.17) is 16.7 Å². The standard InChI is InChI=1S/C27H30ClN3O4S2.C5H10O2/c1-19(32)31-37(34,35)26-8-3-2-7-25(26)22-11-9-20(10-12-22)17-29-13-14-30-27(33)23(18-36)15-21-5-4-6-24(28)16-21;1-2-3-4-5(6)7/h2-12,16,23,29,36H,13-15,17-18H2,1H3,(H,30,33)(H,31,32);2-4H2,1H3,(H,6,7)/t23-;/m1./s1. The Labute approximate surface area is 270 Å². The normalized spacial score (nSPS) is 11.5. The van der Waals surface area contributed by atoms with E-state index in [1.807, 2.05) is 54.1 Å². The van der Waals surface area contributed by atoms with Gasteiger partial charge in [0.05, 0.1) is 10.8 Å². The molecule has 0 saturated heterocycles. The fourth-order valence-electron chi connectivity index (χ4n) is 4.15. The molecule has 3 aromatic carbocycles. The maximum absolute atomic E-state index is 12.5. The van der Waals surface area contributed by atoms with Crippen LogP contribution in [0.4, 0.5) is 0 Å². The van der Waals surface area contributed by atoms with Crippen molar-refractivity contribution in [3.05, 3.63) is 88.9 Å². The van der Waals surface area contributed by atoms with E-state index < -0.39 is 21.9 Å². The molecule has 0 aliphatic heterocycles. The number of rotatable bonds is 15. The molecule has 0 spiro atoms. The van der Waals surface area contributed by atoms with Crippen LogP contribution >= 0.6 is 24.2 Å². The van der Waals surface area contributed by atoms with Gasteiger partial charge in [-0.3, -0.25) is 14.4 Å². The molecule has 0 bridgehead atoms. The highest BCUT2D eigenvalue weighted by molar-refractivity contribution is 7.90. The number of halogens is 1. The second kappa shape index (κ2) is 19.1. The van der Waals surface area contributed by atoms with Crippen LogP contribution in [0.5, 0.6) is 0 Å². The Morgan fingerprint density at radius 2 is 1.66 bits per heavy atom. The van der Waals surface area contributed by atoms with Crippen molar-refractivity contribution < 1.29 is 27.9 Å². The van der Waals surface area contributed by atoms with Crippen molar-refractivity contribution in [1.82, 2.24) is 15.4 Å². The number of nitrogens with one attached hydrogen (secondary N) is 3. The summed E-state index contributed by atoms with van der Waals surface area (Å²) < 4.78 is 27.1. The molecule has 0 aromatic heterocycles. The van der Waals surface area contributed by atoms with Gasteiger partial charge in [0, 0.05) is 49.3 Å². The number of sulfonamides is 1. The molecule has 2 amide bonds. The number of aliphatic carboxylic acids is 1. The van der Waals surface area contributed by atoms with Gasteiger partial charge in [0.2, 0.25) is 11.8 Å². The zero-order chi connectivity index (χ0) is 32.5. The maximum atomic E-state index is 12.5. The molecule has 12 heteroatoms. The van der Waals surface area contributed by atoms with E-state index in [2.05, 4.69) is 23.3 Å². The van der Waals surface area contributed by atoms with E-state index in [0.717, 1.165) is 36.5 Å². The topological polar surface area (TPSA) is 142 Å². The van der Waals surface area contributed by atoms with Crippen molar-refractivity contribution in [2.75, 3.05) is 18.8 Å². The summed E-state index contributed by atoms with van der Waals surface area (Å²) in [7, 11) is -3.96. The highest BCUT2D eigenvalue weighted by Gasteiger charge is 2.20. The Bertz CT molecular complexity index is 1480. The van der Waals surface area contributed by atoms with Gasteiger partial charge in [0.15, 0.2) is 0 Å². The van der Waals surface area contributed by atoms with E-state index in [1.165, 1.54) is 6.07 Å². The quantitative estimate of drug-likeness (QED) is 0.113. The second-order valence-electron chi connectivity index (χ2n) is 10.0. The van der Waals surface area contributed by atoms with Gasteiger partial charge in [0.1, 0.15) is 0 Å². The minimum Gasteiger partial charge on any atom is -0.481 e. The van der Waals surface area contributed by atoms with Gasteiger partial charge >= 0.3 is 5.97 Å². The number of carboxylic acid groups (broad SMARTS) is 1. The first-order chi connectivity index (χ1) is 21.0. The van der Waals surface area contributed by atoms with E-state index in [0.29, 0.717) is 48.8 Å². The summed E-state index contributed by atoms with van der Waals surface area (Å²) in [6, 6.07) is 21.5. The Balaban J connectivity index is 0.000000860. The summed E-state index contributed by atoms with van der Waals surface area (Å²) in [6.07, 6.45) is 2.66. The number of hydrogen-bond acceptors (Lipinski definition) is 7. The highest BCUT2D eigenvalue weighted by Crippen LogP contribution is 2.27. The fourth-order valence-corrected chi connectivity index (χ4v) is 5.88. The average molecular weight is 662 g/mol. The third-order valence-corrected chi connectivity index (χ3v) is 8.52. The average Bonchev–Trinajstić information content (AvgIpc) is 2.98. The summed E-state index contributed by atoms with van der Waals surface area (Å²) in [5.41, 5.74) is 3.23. The molecule has 0 aliphatic rings. The van der Waals surface area contributed by atoms with Gasteiger partial charge in [-0.25, -0.2) is 13.1 Å². The minimum absolute atomic E-state index is 0.0432. The van der Waals surface area contributed by atoms with Crippen molar-refractivity contribution in [3.63, 3.8) is 0 Å². The SMILES string of the molecule is CC(=O)NS(=O)(=O)c1ccccc1-c1ccc(CNCCNC(=O)[C@@H](CS)Cc2cccc(Cl)c2)cc1.CCCCC(=O)O. The Hall–Kier alpha value is -3.38. The van der Waals surface area contributed by atoms with Crippen molar-refractivity contribution in [1.29, 1.82) is 0 Å². The van der Waals surface area contributed by atoms with E-state index in [1.54, 1.807) is 24.3 Å². The van der Waals surface area contributed by atoms with Gasteiger partial charge in [-0.1, -0.05) is 79.5 Å². The van der Waals surface area contributed by atoms with Crippen LogP contribution in [0.25, 0.3) is 11.1 Å². The van der Waals surface area contributed by atoms with Gasteiger partial charge in [0.25, 0.3) is 10.0 Å². The third-order valence-electron chi connectivity index (χ3n) is 6.36. The lowest BCUT2D eigenvalue weighted by atomic mass is 10.0. The maximum Gasteiger partial charge on any atom is 0.303 e. The zero-order valence-electron chi connectivity index (χ0n) is 24.9. The molecule has 0 heterocycles. The van der Waals surface area contributed by atoms with E-state index in [9.17, 15) is 22.8 Å². The molecule has 44 heavy (non-hydrogen) atoms. The van der Waals surface area contributed by atoms with Crippen LogP contribution in [0.1, 0.15) is 44.2 Å². The number of amides is 2. The number of carbonyl (C=O) groups excluding carboxylic acids is 2. The number of benzene rings is 3. The van der Waals surface area contributed by atoms with Crippen LogP contribution in [0.15, 0.2) is 77.7 Å². The lowest BCUT2D eigenvalue weighted by Crippen LogP contribution is -2.37. The van der Waals surface area contributed by atoms with E-state index >= 15 is 0 Å². The van der Waals surface area contributed by atoms with Crippen LogP contribution in [0.3, 0.4) is 0 Å². The first kappa shape index (κ1) is 36.8.